The molecule has 0 spiro atoms. The first-order valence-electron chi connectivity index (χ1n) is 6.06. The van der Waals surface area contributed by atoms with E-state index < -0.39 is 24.3 Å². The summed E-state index contributed by atoms with van der Waals surface area (Å²) in [6.07, 6.45) is 0. The fourth-order valence-corrected chi connectivity index (χ4v) is 1.61. The lowest BCUT2D eigenvalue weighted by Crippen LogP contribution is -2.12. The van der Waals surface area contributed by atoms with Gasteiger partial charge in [0.2, 0.25) is 0 Å². The highest BCUT2D eigenvalue weighted by Crippen LogP contribution is 2.18. The van der Waals surface area contributed by atoms with Crippen LogP contribution in [0.25, 0.3) is 0 Å². The predicted octanol–water partition coefficient (Wildman–Crippen LogP) is 2.54. The molecule has 0 aliphatic carbocycles. The van der Waals surface area contributed by atoms with Crippen molar-refractivity contribution in [3.8, 4) is 5.75 Å². The van der Waals surface area contributed by atoms with Crippen LogP contribution in [0.5, 0.6) is 5.75 Å². The lowest BCUT2D eigenvalue weighted by Gasteiger charge is -2.08. The van der Waals surface area contributed by atoms with Gasteiger partial charge >= 0.3 is 5.97 Å². The summed E-state index contributed by atoms with van der Waals surface area (Å²) in [5, 5.41) is 11.2. The average Bonchev–Trinajstić information content (AvgIpc) is 2.46. The van der Waals surface area contributed by atoms with Gasteiger partial charge in [0, 0.05) is 17.3 Å². The van der Waals surface area contributed by atoms with Gasteiger partial charge < -0.3 is 15.2 Å². The molecule has 0 radical (unpaired) electrons. The standard InChI is InChI=1S/C15H12FNO4/c16-11-6-4-10(5-7-11)15(20)17-12-2-1-3-13(8-12)21-9-14(18)19/h1-8H,9H2,(H,17,20)(H,18,19). The highest BCUT2D eigenvalue weighted by Gasteiger charge is 2.07. The molecule has 2 rings (SSSR count). The highest BCUT2D eigenvalue weighted by atomic mass is 19.1. The summed E-state index contributed by atoms with van der Waals surface area (Å²) in [7, 11) is 0. The van der Waals surface area contributed by atoms with Gasteiger partial charge in [0.15, 0.2) is 6.61 Å². The quantitative estimate of drug-likeness (QED) is 0.887. The van der Waals surface area contributed by atoms with Crippen molar-refractivity contribution in [2.45, 2.75) is 0 Å². The van der Waals surface area contributed by atoms with E-state index in [0.29, 0.717) is 17.0 Å². The van der Waals surface area contributed by atoms with Crippen molar-refractivity contribution in [3.05, 3.63) is 59.9 Å². The van der Waals surface area contributed by atoms with E-state index in [1.165, 1.54) is 30.3 Å². The molecule has 0 saturated heterocycles. The average molecular weight is 289 g/mol. The number of halogens is 1. The Balaban J connectivity index is 2.05. The molecule has 0 saturated carbocycles. The van der Waals surface area contributed by atoms with Crippen molar-refractivity contribution in [1.82, 2.24) is 0 Å². The molecular formula is C15H12FNO4. The minimum Gasteiger partial charge on any atom is -0.482 e. The highest BCUT2D eigenvalue weighted by molar-refractivity contribution is 6.04. The first-order valence-corrected chi connectivity index (χ1v) is 6.06. The number of carbonyl (C=O) groups excluding carboxylic acids is 1. The van der Waals surface area contributed by atoms with Crippen LogP contribution in [0.4, 0.5) is 10.1 Å². The first-order chi connectivity index (χ1) is 10.0. The minimum absolute atomic E-state index is 0.313. The van der Waals surface area contributed by atoms with Crippen LogP contribution < -0.4 is 10.1 Å². The number of nitrogens with one attached hydrogen (secondary N) is 1. The smallest absolute Gasteiger partial charge is 0.341 e. The third kappa shape index (κ3) is 4.31. The molecule has 0 aliphatic heterocycles. The second-order valence-electron chi connectivity index (χ2n) is 4.17. The number of carbonyl (C=O) groups is 2. The molecule has 108 valence electrons. The minimum atomic E-state index is -1.09. The zero-order chi connectivity index (χ0) is 15.2. The number of carboxylic acid groups (broad SMARTS) is 1. The van der Waals surface area contributed by atoms with Crippen LogP contribution in [-0.2, 0) is 4.79 Å². The number of benzene rings is 2. The van der Waals surface area contributed by atoms with E-state index in [0.717, 1.165) is 0 Å². The molecule has 2 N–H and O–H groups in total. The largest absolute Gasteiger partial charge is 0.482 e. The van der Waals surface area contributed by atoms with Crippen molar-refractivity contribution < 1.29 is 23.8 Å². The van der Waals surface area contributed by atoms with Gasteiger partial charge in [-0.3, -0.25) is 4.79 Å². The van der Waals surface area contributed by atoms with Crippen molar-refractivity contribution in [3.63, 3.8) is 0 Å². The van der Waals surface area contributed by atoms with Crippen LogP contribution in [0.1, 0.15) is 10.4 Å². The van der Waals surface area contributed by atoms with Crippen LogP contribution in [0, 0.1) is 5.82 Å². The van der Waals surface area contributed by atoms with Gasteiger partial charge in [-0.25, -0.2) is 9.18 Å². The third-order valence-corrected chi connectivity index (χ3v) is 2.56. The molecule has 0 atom stereocenters. The monoisotopic (exact) mass is 289 g/mol. The summed E-state index contributed by atoms with van der Waals surface area (Å²) in [5.74, 6) is -1.58. The fourth-order valence-electron chi connectivity index (χ4n) is 1.61. The summed E-state index contributed by atoms with van der Waals surface area (Å²) < 4.78 is 17.8. The lowest BCUT2D eigenvalue weighted by molar-refractivity contribution is -0.139. The van der Waals surface area contributed by atoms with Crippen molar-refractivity contribution in [1.29, 1.82) is 0 Å². The fraction of sp³-hybridized carbons (Fsp3) is 0.0667. The summed E-state index contributed by atoms with van der Waals surface area (Å²) in [4.78, 5) is 22.4. The third-order valence-electron chi connectivity index (χ3n) is 2.56. The van der Waals surface area contributed by atoms with Crippen LogP contribution >= 0.6 is 0 Å². The number of carboxylic acids is 1. The molecule has 2 aromatic carbocycles. The van der Waals surface area contributed by atoms with E-state index >= 15 is 0 Å². The number of amides is 1. The number of hydrogen-bond acceptors (Lipinski definition) is 3. The summed E-state index contributed by atoms with van der Waals surface area (Å²) in [6.45, 7) is -0.463. The molecule has 1 amide bonds. The van der Waals surface area contributed by atoms with Gasteiger partial charge in [-0.05, 0) is 36.4 Å². The van der Waals surface area contributed by atoms with E-state index in [2.05, 4.69) is 5.32 Å². The maximum atomic E-state index is 12.8. The molecule has 0 aromatic heterocycles. The van der Waals surface area contributed by atoms with E-state index in [-0.39, 0.29) is 0 Å². The zero-order valence-electron chi connectivity index (χ0n) is 10.9. The number of ether oxygens (including phenoxy) is 1. The van der Waals surface area contributed by atoms with Gasteiger partial charge in [0.05, 0.1) is 0 Å². The van der Waals surface area contributed by atoms with E-state index in [4.69, 9.17) is 9.84 Å². The number of hydrogen-bond donors (Lipinski definition) is 2. The van der Waals surface area contributed by atoms with Gasteiger partial charge in [-0.2, -0.15) is 0 Å². The topological polar surface area (TPSA) is 75.6 Å². The summed E-state index contributed by atoms with van der Waals surface area (Å²) in [6, 6.07) is 11.5. The molecule has 0 heterocycles. The Hall–Kier alpha value is -2.89. The zero-order valence-corrected chi connectivity index (χ0v) is 10.9. The predicted molar refractivity (Wildman–Crippen MR) is 73.9 cm³/mol. The number of aliphatic carboxylic acids is 1. The van der Waals surface area contributed by atoms with Gasteiger partial charge in [-0.1, -0.05) is 6.07 Å². The maximum absolute atomic E-state index is 12.8. The molecule has 6 heteroatoms. The van der Waals surface area contributed by atoms with Crippen LogP contribution in [0.2, 0.25) is 0 Å². The lowest BCUT2D eigenvalue weighted by atomic mass is 10.2. The molecule has 5 nitrogen and oxygen atoms in total. The molecule has 2 aromatic rings. The molecule has 0 fully saturated rings. The van der Waals surface area contributed by atoms with Crippen LogP contribution in [0.3, 0.4) is 0 Å². The Morgan fingerprint density at radius 1 is 1.14 bits per heavy atom. The molecular weight excluding hydrogens is 277 g/mol. The Morgan fingerprint density at radius 2 is 1.86 bits per heavy atom. The second-order valence-corrected chi connectivity index (χ2v) is 4.17. The normalized spacial score (nSPS) is 9.95. The van der Waals surface area contributed by atoms with Gasteiger partial charge in [-0.15, -0.1) is 0 Å². The van der Waals surface area contributed by atoms with E-state index in [1.807, 2.05) is 0 Å². The first kappa shape index (κ1) is 14.5. The molecule has 0 aliphatic rings. The van der Waals surface area contributed by atoms with Gasteiger partial charge in [0.1, 0.15) is 11.6 Å². The van der Waals surface area contributed by atoms with E-state index in [9.17, 15) is 14.0 Å². The van der Waals surface area contributed by atoms with Crippen molar-refractivity contribution in [2.75, 3.05) is 11.9 Å². The Bertz CT molecular complexity index is 655. The maximum Gasteiger partial charge on any atom is 0.341 e. The Labute approximate surface area is 120 Å². The molecule has 0 unspecified atom stereocenters. The Morgan fingerprint density at radius 3 is 2.52 bits per heavy atom. The molecule has 0 bridgehead atoms. The second kappa shape index (κ2) is 6.51. The summed E-state index contributed by atoms with van der Waals surface area (Å²) >= 11 is 0. The van der Waals surface area contributed by atoms with Crippen molar-refractivity contribution >= 4 is 17.6 Å². The van der Waals surface area contributed by atoms with Gasteiger partial charge in [0.25, 0.3) is 5.91 Å². The Kier molecular flexibility index (Phi) is 4.50. The number of anilines is 1. The molecule has 21 heavy (non-hydrogen) atoms. The van der Waals surface area contributed by atoms with Crippen LogP contribution in [-0.4, -0.2) is 23.6 Å². The number of rotatable bonds is 5. The SMILES string of the molecule is O=C(O)COc1cccc(NC(=O)c2ccc(F)cc2)c1. The summed E-state index contributed by atoms with van der Waals surface area (Å²) in [5.41, 5.74) is 0.764. The van der Waals surface area contributed by atoms with Crippen LogP contribution in [0.15, 0.2) is 48.5 Å². The van der Waals surface area contributed by atoms with E-state index in [1.54, 1.807) is 18.2 Å². The van der Waals surface area contributed by atoms with Crippen molar-refractivity contribution in [2.24, 2.45) is 0 Å².